The van der Waals surface area contributed by atoms with E-state index in [-0.39, 0.29) is 47.7 Å². The lowest BCUT2D eigenvalue weighted by Crippen LogP contribution is -2.12. The molecule has 2 amide bonds. The van der Waals surface area contributed by atoms with Gasteiger partial charge >= 0.3 is 0 Å². The van der Waals surface area contributed by atoms with Crippen LogP contribution in [0.4, 0.5) is 10.3 Å². The molecule has 0 unspecified atom stereocenters. The van der Waals surface area contributed by atoms with Crippen molar-refractivity contribution in [1.29, 1.82) is 0 Å². The van der Waals surface area contributed by atoms with E-state index in [2.05, 4.69) is 82.6 Å². The van der Waals surface area contributed by atoms with Crippen molar-refractivity contribution in [3.8, 4) is 17.2 Å². The standard InChI is InChI=1S/C30H35N5O3S2.C27H29N5O4S2/c1-3-21-8-6-9-22(18-21)14-16-24(36)20-29-34-32-27(39-29)12-4-5-13-28-33-35-30(40-28)31-26(37)17-15-23-10-7-11-25(19-23)38-2;33-20(15-13-18-7-1-3-9-21(18)34)17-26-31-29-24(37-26)11-5-6-12-25-30-32-27(38-25)28-23(36)16-14-19-8-2-4-10-22(19)35/h6-11,18-19H,3-5,12-17,20H2,1-2H3,(H,31,35,37);1-4,7-10,34-35H,5-6,11-17H2,(H,28,32,36). The molecule has 4 aromatic heterocycles. The van der Waals surface area contributed by atoms with Gasteiger partial charge in [-0.15, -0.1) is 63.5 Å². The Bertz CT molecular complexity index is 2980. The second-order valence-electron chi connectivity index (χ2n) is 18.4. The summed E-state index contributed by atoms with van der Waals surface area (Å²) in [6.07, 6.45) is 12.3. The number of para-hydroxylation sites is 2. The van der Waals surface area contributed by atoms with Crippen LogP contribution in [0.5, 0.6) is 17.2 Å². The molecule has 4 heterocycles. The van der Waals surface area contributed by atoms with E-state index in [0.29, 0.717) is 60.2 Å². The first-order valence-corrected chi connectivity index (χ1v) is 29.4. The molecule has 0 atom stereocenters. The Kier molecular flexibility index (Phi) is 23.4. The van der Waals surface area contributed by atoms with E-state index < -0.39 is 0 Å². The molecule has 8 aromatic rings. The molecule has 0 bridgehead atoms. The molecular weight excluding hydrogens is 1060 g/mol. The fourth-order valence-electron chi connectivity index (χ4n) is 8.06. The predicted octanol–water partition coefficient (Wildman–Crippen LogP) is 10.5. The molecule has 0 radical (unpaired) electrons. The molecule has 4 aromatic carbocycles. The van der Waals surface area contributed by atoms with Crippen LogP contribution >= 0.6 is 45.3 Å². The molecule has 78 heavy (non-hydrogen) atoms. The predicted molar refractivity (Wildman–Crippen MR) is 306 cm³/mol. The first kappa shape index (κ1) is 58.5. The van der Waals surface area contributed by atoms with Gasteiger partial charge in [-0.1, -0.05) is 102 Å². The van der Waals surface area contributed by atoms with E-state index >= 15 is 0 Å². The van der Waals surface area contributed by atoms with Gasteiger partial charge in [0.1, 0.15) is 58.9 Å². The number of ether oxygens (including phenoxy) is 1. The lowest BCUT2D eigenvalue weighted by molar-refractivity contribution is -0.119. The molecule has 0 aliphatic heterocycles. The minimum atomic E-state index is -0.167. The van der Waals surface area contributed by atoms with E-state index in [1.165, 1.54) is 56.5 Å². The number of anilines is 2. The number of aromatic hydroxyl groups is 2. The van der Waals surface area contributed by atoms with Crippen LogP contribution < -0.4 is 15.4 Å². The minimum Gasteiger partial charge on any atom is -0.508 e. The Balaban J connectivity index is 0.000000226. The number of aryl methyl sites for hydroxylation is 9. The maximum atomic E-state index is 12.5. The Morgan fingerprint density at radius 2 is 0.859 bits per heavy atom. The summed E-state index contributed by atoms with van der Waals surface area (Å²) in [5, 5.41) is 64.8. The number of ketones is 2. The quantitative estimate of drug-likeness (QED) is 0.0306. The van der Waals surface area contributed by atoms with Gasteiger partial charge in [0.2, 0.25) is 22.1 Å². The molecule has 0 spiro atoms. The number of aromatic nitrogens is 8. The molecule has 0 fully saturated rings. The molecule has 4 N–H and O–H groups in total. The highest BCUT2D eigenvalue weighted by Crippen LogP contribution is 2.24. The van der Waals surface area contributed by atoms with Crippen LogP contribution in [-0.4, -0.2) is 81.5 Å². The van der Waals surface area contributed by atoms with Crippen molar-refractivity contribution in [2.75, 3.05) is 17.7 Å². The van der Waals surface area contributed by atoms with Crippen LogP contribution in [0.15, 0.2) is 97.1 Å². The second kappa shape index (κ2) is 31.3. The normalized spacial score (nSPS) is 10.9. The average molecular weight is 1130 g/mol. The number of benzene rings is 4. The van der Waals surface area contributed by atoms with Gasteiger partial charge in [0, 0.05) is 51.4 Å². The van der Waals surface area contributed by atoms with Crippen molar-refractivity contribution >= 4 is 79.0 Å². The van der Waals surface area contributed by atoms with Crippen molar-refractivity contribution in [2.45, 2.75) is 129 Å². The Labute approximate surface area is 470 Å². The van der Waals surface area contributed by atoms with Gasteiger partial charge in [0.15, 0.2) is 0 Å². The number of amides is 2. The topological polar surface area (TPSA) is 245 Å². The van der Waals surface area contributed by atoms with Gasteiger partial charge < -0.3 is 25.6 Å². The number of rotatable bonds is 30. The van der Waals surface area contributed by atoms with Crippen molar-refractivity contribution < 1.29 is 34.1 Å². The zero-order chi connectivity index (χ0) is 54.9. The highest BCUT2D eigenvalue weighted by Gasteiger charge is 2.15. The number of unbranched alkanes of at least 4 members (excludes halogenated alkanes) is 2. The van der Waals surface area contributed by atoms with Crippen molar-refractivity contribution in [3.05, 3.63) is 155 Å². The number of nitrogens with one attached hydrogen (secondary N) is 2. The zero-order valence-electron chi connectivity index (χ0n) is 43.8. The lowest BCUT2D eigenvalue weighted by atomic mass is 10.0. The zero-order valence-corrected chi connectivity index (χ0v) is 47.1. The molecule has 17 nitrogen and oxygen atoms in total. The molecule has 408 valence electrons. The summed E-state index contributed by atoms with van der Waals surface area (Å²) in [7, 11) is 1.63. The number of methoxy groups -OCH3 is 1. The van der Waals surface area contributed by atoms with Crippen LogP contribution in [0.2, 0.25) is 0 Å². The Morgan fingerprint density at radius 1 is 0.449 bits per heavy atom. The third kappa shape index (κ3) is 20.3. The third-order valence-electron chi connectivity index (χ3n) is 12.3. The van der Waals surface area contributed by atoms with Crippen LogP contribution in [0, 0.1) is 0 Å². The SMILES string of the molecule is CCc1cccc(CCC(=O)Cc2nnc(CCCCc3nnc(NC(=O)CCc4cccc(OC)c4)s3)s2)c1.O=C(CCc1ccccc1O)Cc1nnc(CCCCc2nnc(NC(=O)CCc3ccccc3O)s2)s1. The van der Waals surface area contributed by atoms with Gasteiger partial charge in [0.25, 0.3) is 0 Å². The summed E-state index contributed by atoms with van der Waals surface area (Å²) in [6, 6.07) is 30.2. The molecule has 0 aliphatic carbocycles. The average Bonchev–Trinajstić information content (AvgIpc) is 4.30. The first-order valence-electron chi connectivity index (χ1n) is 26.1. The van der Waals surface area contributed by atoms with Crippen LogP contribution in [0.25, 0.3) is 0 Å². The van der Waals surface area contributed by atoms with E-state index in [1.54, 1.807) is 37.4 Å². The minimum absolute atomic E-state index is 0.0772. The lowest BCUT2D eigenvalue weighted by Gasteiger charge is -2.04. The third-order valence-corrected chi connectivity index (χ3v) is 16.1. The summed E-state index contributed by atoms with van der Waals surface area (Å²) < 4.78 is 5.23. The van der Waals surface area contributed by atoms with E-state index in [9.17, 15) is 29.4 Å². The molecule has 0 saturated carbocycles. The Hall–Kier alpha value is -7.20. The number of hydrogen-bond donors (Lipinski definition) is 4. The van der Waals surface area contributed by atoms with Crippen LogP contribution in [0.3, 0.4) is 0 Å². The van der Waals surface area contributed by atoms with Gasteiger partial charge in [-0.25, -0.2) is 0 Å². The summed E-state index contributed by atoms with van der Waals surface area (Å²) >= 11 is 5.77. The number of phenols is 2. The first-order chi connectivity index (χ1) is 38.0. The summed E-state index contributed by atoms with van der Waals surface area (Å²) in [5.41, 5.74) is 5.07. The highest BCUT2D eigenvalue weighted by molar-refractivity contribution is 7.15. The van der Waals surface area contributed by atoms with Gasteiger partial charge in [-0.05, 0) is 110 Å². The maximum absolute atomic E-state index is 12.5. The summed E-state index contributed by atoms with van der Waals surface area (Å²) in [6.45, 7) is 2.14. The Morgan fingerprint density at radius 3 is 1.37 bits per heavy atom. The number of Topliss-reactive ketones (excluding diaryl/α,β-unsaturated/α-hetero) is 2. The number of carbonyl (C=O) groups excluding carboxylic acids is 4. The smallest absolute Gasteiger partial charge is 0.226 e. The van der Waals surface area contributed by atoms with Crippen molar-refractivity contribution in [2.24, 2.45) is 0 Å². The molecular formula is C57H64N10O7S4. The summed E-state index contributed by atoms with van der Waals surface area (Å²) in [4.78, 5) is 49.3. The number of carbonyl (C=O) groups is 4. The van der Waals surface area contributed by atoms with Crippen LogP contribution in [0.1, 0.15) is 116 Å². The number of hydrogen-bond acceptors (Lipinski definition) is 19. The number of nitrogens with zero attached hydrogens (tertiary/aromatic N) is 8. The maximum Gasteiger partial charge on any atom is 0.226 e. The fourth-order valence-corrected chi connectivity index (χ4v) is 11.5. The number of phenolic OH excluding ortho intramolecular Hbond substituents is 2. The second-order valence-corrected chi connectivity index (χ2v) is 22.8. The summed E-state index contributed by atoms with van der Waals surface area (Å²) in [5.74, 6) is 1.22. The van der Waals surface area contributed by atoms with Gasteiger partial charge in [-0.3, -0.25) is 19.2 Å². The van der Waals surface area contributed by atoms with Crippen molar-refractivity contribution in [1.82, 2.24) is 40.8 Å². The van der Waals surface area contributed by atoms with Crippen LogP contribution in [-0.2, 0) is 89.8 Å². The molecule has 8 rings (SSSR count). The molecule has 21 heteroatoms. The van der Waals surface area contributed by atoms with Gasteiger partial charge in [-0.2, -0.15) is 0 Å². The molecule has 0 saturated heterocycles. The van der Waals surface area contributed by atoms with E-state index in [1.807, 2.05) is 42.5 Å². The van der Waals surface area contributed by atoms with Crippen molar-refractivity contribution in [3.63, 3.8) is 0 Å². The van der Waals surface area contributed by atoms with E-state index in [0.717, 1.165) is 112 Å². The largest absolute Gasteiger partial charge is 0.508 e. The van der Waals surface area contributed by atoms with Gasteiger partial charge in [0.05, 0.1) is 20.0 Å². The molecule has 0 aliphatic rings. The van der Waals surface area contributed by atoms with E-state index in [4.69, 9.17) is 4.74 Å². The highest BCUT2D eigenvalue weighted by atomic mass is 32.1. The fraction of sp³-hybridized carbons (Fsp3) is 0.368. The monoisotopic (exact) mass is 1130 g/mol.